The van der Waals surface area contributed by atoms with Gasteiger partial charge in [-0.05, 0) is 48.4 Å². The van der Waals surface area contributed by atoms with Crippen molar-refractivity contribution >= 4 is 64.3 Å². The minimum atomic E-state index is -1.34. The van der Waals surface area contributed by atoms with Crippen LogP contribution in [-0.2, 0) is 20.9 Å². The molecule has 0 unspecified atom stereocenters. The molecule has 0 fully saturated rings. The lowest BCUT2D eigenvalue weighted by Crippen LogP contribution is -2.43. The molecule has 5 N–H and O–H groups in total. The molecule has 2 aromatic carbocycles. The maximum Gasteiger partial charge on any atom is 0.411 e. The Morgan fingerprint density at radius 1 is 0.865 bits per heavy atom. The third kappa shape index (κ3) is 10.8. The number of nitrogens with zero attached hydrogens (tertiary/aromatic N) is 1. The van der Waals surface area contributed by atoms with Gasteiger partial charge in [-0.25, -0.2) is 14.4 Å². The maximum absolute atomic E-state index is 12.1. The third-order valence-corrected chi connectivity index (χ3v) is 5.36. The molecule has 0 bridgehead atoms. The van der Waals surface area contributed by atoms with Gasteiger partial charge in [0.05, 0.1) is 0 Å². The van der Waals surface area contributed by atoms with E-state index in [4.69, 9.17) is 38.2 Å². The lowest BCUT2D eigenvalue weighted by Gasteiger charge is -2.23. The molecule has 1 atom stereocenters. The summed E-state index contributed by atoms with van der Waals surface area (Å²) in [4.78, 5) is 48.0. The topological polar surface area (TPSA) is 157 Å². The average molecular weight is 555 g/mol. The van der Waals surface area contributed by atoms with Gasteiger partial charge in [-0.3, -0.25) is 10.1 Å². The fourth-order valence-corrected chi connectivity index (χ4v) is 3.58. The molecule has 37 heavy (non-hydrogen) atoms. The van der Waals surface area contributed by atoms with Crippen LogP contribution in [-0.4, -0.2) is 65.2 Å². The monoisotopic (exact) mass is 554 g/mol. The number of aliphatic carboxylic acids is 2. The minimum Gasteiger partial charge on any atom is -0.481 e. The van der Waals surface area contributed by atoms with Crippen molar-refractivity contribution in [1.82, 2.24) is 5.32 Å². The molecule has 0 saturated carbocycles. The normalized spacial score (nSPS) is 11.2. The SMILES string of the molecule is O=C(O)CC[C@H](NC(=O)Nc1ccc(COC(=O)Nc2ccc(N(CCCl)CCCl)cc2)cc1)C(=O)O. The van der Waals surface area contributed by atoms with Crippen LogP contribution in [0.4, 0.5) is 26.7 Å². The van der Waals surface area contributed by atoms with Crippen LogP contribution in [0.5, 0.6) is 0 Å². The molecule has 11 nitrogen and oxygen atoms in total. The number of hydrogen-bond acceptors (Lipinski definition) is 6. The van der Waals surface area contributed by atoms with Gasteiger partial charge in [0, 0.05) is 48.3 Å². The number of alkyl halides is 2. The van der Waals surface area contributed by atoms with E-state index in [1.165, 1.54) is 0 Å². The van der Waals surface area contributed by atoms with Gasteiger partial charge in [0.1, 0.15) is 12.6 Å². The Kier molecular flexibility index (Phi) is 12.3. The Labute approximate surface area is 223 Å². The van der Waals surface area contributed by atoms with Gasteiger partial charge in [-0.2, -0.15) is 0 Å². The summed E-state index contributed by atoms with van der Waals surface area (Å²) >= 11 is 11.7. The van der Waals surface area contributed by atoms with E-state index in [2.05, 4.69) is 16.0 Å². The Morgan fingerprint density at radius 2 is 1.43 bits per heavy atom. The van der Waals surface area contributed by atoms with E-state index >= 15 is 0 Å². The van der Waals surface area contributed by atoms with Gasteiger partial charge in [-0.1, -0.05) is 12.1 Å². The summed E-state index contributed by atoms with van der Waals surface area (Å²) in [7, 11) is 0. The van der Waals surface area contributed by atoms with Crippen LogP contribution in [0.3, 0.4) is 0 Å². The molecule has 0 aliphatic carbocycles. The third-order valence-electron chi connectivity index (χ3n) is 5.02. The number of carboxylic acid groups (broad SMARTS) is 2. The first-order valence-electron chi connectivity index (χ1n) is 11.2. The van der Waals surface area contributed by atoms with E-state index in [1.807, 2.05) is 17.0 Å². The quantitative estimate of drug-likeness (QED) is 0.218. The van der Waals surface area contributed by atoms with Gasteiger partial charge >= 0.3 is 24.1 Å². The first-order chi connectivity index (χ1) is 17.7. The zero-order chi connectivity index (χ0) is 27.2. The first-order valence-corrected chi connectivity index (χ1v) is 12.3. The second-order valence-corrected chi connectivity index (χ2v) is 8.49. The summed E-state index contributed by atoms with van der Waals surface area (Å²) in [5, 5.41) is 25.1. The van der Waals surface area contributed by atoms with Gasteiger partial charge in [0.15, 0.2) is 0 Å². The molecule has 3 amide bonds. The van der Waals surface area contributed by atoms with Gasteiger partial charge in [0.25, 0.3) is 0 Å². The number of carboxylic acids is 2. The van der Waals surface area contributed by atoms with E-state index in [-0.39, 0.29) is 13.0 Å². The van der Waals surface area contributed by atoms with E-state index < -0.39 is 36.5 Å². The maximum atomic E-state index is 12.1. The van der Waals surface area contributed by atoms with Crippen LogP contribution in [0.1, 0.15) is 18.4 Å². The number of rotatable bonds is 14. The highest BCUT2D eigenvalue weighted by Gasteiger charge is 2.21. The highest BCUT2D eigenvalue weighted by molar-refractivity contribution is 6.18. The van der Waals surface area contributed by atoms with Crippen molar-refractivity contribution in [3.05, 3.63) is 54.1 Å². The Bertz CT molecular complexity index is 1050. The Balaban J connectivity index is 1.81. The molecule has 0 spiro atoms. The van der Waals surface area contributed by atoms with Crippen LogP contribution in [0.2, 0.25) is 0 Å². The fourth-order valence-electron chi connectivity index (χ4n) is 3.17. The zero-order valence-corrected chi connectivity index (χ0v) is 21.3. The van der Waals surface area contributed by atoms with Gasteiger partial charge in [0.2, 0.25) is 0 Å². The number of benzene rings is 2. The number of carbonyl (C=O) groups excluding carboxylic acids is 2. The molecule has 0 radical (unpaired) electrons. The molecule has 200 valence electrons. The number of amides is 3. The van der Waals surface area contributed by atoms with Crippen molar-refractivity contribution in [2.24, 2.45) is 0 Å². The van der Waals surface area contributed by atoms with E-state index in [9.17, 15) is 19.2 Å². The second kappa shape index (κ2) is 15.4. The molecule has 0 saturated heterocycles. The Morgan fingerprint density at radius 3 is 1.97 bits per heavy atom. The van der Waals surface area contributed by atoms with Crippen molar-refractivity contribution in [1.29, 1.82) is 0 Å². The number of hydrogen-bond donors (Lipinski definition) is 5. The molecular formula is C24H28Cl2N4O7. The molecule has 2 aromatic rings. The highest BCUT2D eigenvalue weighted by Crippen LogP contribution is 2.19. The molecule has 0 heterocycles. The van der Waals surface area contributed by atoms with Crippen LogP contribution >= 0.6 is 23.2 Å². The van der Waals surface area contributed by atoms with Gasteiger partial charge in [-0.15, -0.1) is 23.2 Å². The summed E-state index contributed by atoms with van der Waals surface area (Å²) in [6, 6.07) is 11.4. The second-order valence-electron chi connectivity index (χ2n) is 7.73. The summed E-state index contributed by atoms with van der Waals surface area (Å²) in [6.45, 7) is 1.28. The fraction of sp³-hybridized carbons (Fsp3) is 0.333. The standard InChI is InChI=1S/C24H28Cl2N4O7/c25-11-13-30(14-12-26)19-7-5-18(6-8-19)28-24(36)37-15-16-1-3-17(4-2-16)27-23(35)29-20(22(33)34)9-10-21(31)32/h1-8,20H,9-15H2,(H,28,36)(H,31,32)(H,33,34)(H2,27,29,35)/t20-/m0/s1. The predicted octanol–water partition coefficient (Wildman–Crippen LogP) is 4.16. The smallest absolute Gasteiger partial charge is 0.411 e. The number of carbonyl (C=O) groups is 4. The predicted molar refractivity (Wildman–Crippen MR) is 141 cm³/mol. The zero-order valence-electron chi connectivity index (χ0n) is 19.8. The van der Waals surface area contributed by atoms with Crippen LogP contribution in [0.15, 0.2) is 48.5 Å². The van der Waals surface area contributed by atoms with Crippen molar-refractivity contribution in [3.8, 4) is 0 Å². The molecule has 13 heteroatoms. The number of urea groups is 1. The number of anilines is 3. The number of halogens is 2. The molecular weight excluding hydrogens is 527 g/mol. The summed E-state index contributed by atoms with van der Waals surface area (Å²) in [5.74, 6) is -1.57. The first kappa shape index (κ1) is 29.5. The van der Waals surface area contributed by atoms with Gasteiger partial charge < -0.3 is 30.5 Å². The Hall–Kier alpha value is -3.70. The number of ether oxygens (including phenoxy) is 1. The molecule has 2 rings (SSSR count). The van der Waals surface area contributed by atoms with E-state index in [0.29, 0.717) is 41.8 Å². The summed E-state index contributed by atoms with van der Waals surface area (Å²) in [5.41, 5.74) is 2.50. The molecule has 0 aliphatic heterocycles. The largest absolute Gasteiger partial charge is 0.481 e. The summed E-state index contributed by atoms with van der Waals surface area (Å²) in [6.07, 6.45) is -1.29. The molecule has 0 aromatic heterocycles. The van der Waals surface area contributed by atoms with Crippen LogP contribution < -0.4 is 20.9 Å². The van der Waals surface area contributed by atoms with Crippen LogP contribution in [0.25, 0.3) is 0 Å². The summed E-state index contributed by atoms with van der Waals surface area (Å²) < 4.78 is 5.22. The van der Waals surface area contributed by atoms with Crippen molar-refractivity contribution in [3.63, 3.8) is 0 Å². The lowest BCUT2D eigenvalue weighted by molar-refractivity contribution is -0.140. The average Bonchev–Trinajstić information content (AvgIpc) is 2.86. The molecule has 0 aliphatic rings. The highest BCUT2D eigenvalue weighted by atomic mass is 35.5. The van der Waals surface area contributed by atoms with Crippen molar-refractivity contribution in [2.45, 2.75) is 25.5 Å². The van der Waals surface area contributed by atoms with E-state index in [1.54, 1.807) is 36.4 Å². The lowest BCUT2D eigenvalue weighted by atomic mass is 10.1. The van der Waals surface area contributed by atoms with E-state index in [0.717, 1.165) is 5.69 Å². The minimum absolute atomic E-state index is 0.0219. The van der Waals surface area contributed by atoms with Crippen LogP contribution in [0, 0.1) is 0 Å². The van der Waals surface area contributed by atoms with Crippen molar-refractivity contribution < 1.29 is 34.1 Å². The van der Waals surface area contributed by atoms with Crippen molar-refractivity contribution in [2.75, 3.05) is 40.4 Å². The number of nitrogens with one attached hydrogen (secondary N) is 3.